The Morgan fingerprint density at radius 3 is 1.81 bits per heavy atom. The molecule has 0 amide bonds. The van der Waals surface area contributed by atoms with Crippen molar-refractivity contribution in [2.75, 3.05) is 35.5 Å². The Bertz CT molecular complexity index is 875. The monoisotopic (exact) mass is 567 g/mol. The third-order valence-electron chi connectivity index (χ3n) is 4.31. The minimum atomic E-state index is -2.94. The summed E-state index contributed by atoms with van der Waals surface area (Å²) in [5.74, 6) is 2.32. The maximum atomic E-state index is 12.6. The van der Waals surface area contributed by atoms with E-state index >= 15 is 0 Å². The highest BCUT2D eigenvalue weighted by atomic mass is 127. The Balaban J connectivity index is 0.00000512. The Hall–Kier alpha value is -2.70. The maximum absolute atomic E-state index is 12.6. The molecule has 0 saturated carbocycles. The summed E-state index contributed by atoms with van der Waals surface area (Å²) in [7, 11) is 7.66. The van der Waals surface area contributed by atoms with E-state index < -0.39 is 6.61 Å². The lowest BCUT2D eigenvalue weighted by Crippen LogP contribution is -2.36. The van der Waals surface area contributed by atoms with Crippen LogP contribution in [-0.4, -0.2) is 48.1 Å². The van der Waals surface area contributed by atoms with Crippen molar-refractivity contribution >= 4 is 29.9 Å². The molecule has 0 heterocycles. The number of methoxy groups -OCH3 is 4. The molecule has 11 heteroatoms. The highest BCUT2D eigenvalue weighted by Crippen LogP contribution is 2.38. The number of guanidine groups is 1. The Kier molecular flexibility index (Phi) is 11.7. The fraction of sp³-hybridized carbons (Fsp3) is 0.381. The van der Waals surface area contributed by atoms with E-state index in [1.165, 1.54) is 13.2 Å². The van der Waals surface area contributed by atoms with Crippen LogP contribution in [0.1, 0.15) is 11.1 Å². The molecule has 0 aliphatic rings. The van der Waals surface area contributed by atoms with Gasteiger partial charge in [-0.1, -0.05) is 6.07 Å². The molecule has 0 aliphatic carbocycles. The first-order valence-electron chi connectivity index (χ1n) is 9.30. The van der Waals surface area contributed by atoms with Gasteiger partial charge in [0.2, 0.25) is 5.75 Å². The van der Waals surface area contributed by atoms with E-state index in [1.54, 1.807) is 40.5 Å². The van der Waals surface area contributed by atoms with Crippen molar-refractivity contribution in [1.29, 1.82) is 0 Å². The van der Waals surface area contributed by atoms with E-state index in [0.29, 0.717) is 41.9 Å². The van der Waals surface area contributed by atoms with Crippen LogP contribution in [0.4, 0.5) is 8.78 Å². The van der Waals surface area contributed by atoms with Crippen LogP contribution in [0.2, 0.25) is 0 Å². The summed E-state index contributed by atoms with van der Waals surface area (Å²) in [4.78, 5) is 4.17. The van der Waals surface area contributed by atoms with Gasteiger partial charge in [0, 0.05) is 20.1 Å². The second kappa shape index (κ2) is 13.7. The van der Waals surface area contributed by atoms with Gasteiger partial charge in [-0.05, 0) is 35.4 Å². The van der Waals surface area contributed by atoms with Gasteiger partial charge >= 0.3 is 6.61 Å². The molecule has 0 unspecified atom stereocenters. The van der Waals surface area contributed by atoms with Crippen LogP contribution in [0.25, 0.3) is 0 Å². The van der Waals surface area contributed by atoms with Crippen LogP contribution in [0.15, 0.2) is 35.3 Å². The van der Waals surface area contributed by atoms with Crippen molar-refractivity contribution < 1.29 is 32.5 Å². The lowest BCUT2D eigenvalue weighted by Gasteiger charge is -2.16. The molecule has 0 bridgehead atoms. The first-order valence-corrected chi connectivity index (χ1v) is 9.30. The third-order valence-corrected chi connectivity index (χ3v) is 4.31. The minimum Gasteiger partial charge on any atom is -0.493 e. The van der Waals surface area contributed by atoms with Gasteiger partial charge in [-0.15, -0.1) is 24.0 Å². The number of ether oxygens (including phenoxy) is 5. The zero-order valence-electron chi connectivity index (χ0n) is 18.5. The molecule has 178 valence electrons. The second-order valence-corrected chi connectivity index (χ2v) is 6.18. The molecule has 0 atom stereocenters. The van der Waals surface area contributed by atoms with Gasteiger partial charge in [0.1, 0.15) is 0 Å². The van der Waals surface area contributed by atoms with E-state index in [0.717, 1.165) is 5.56 Å². The molecule has 0 fully saturated rings. The summed E-state index contributed by atoms with van der Waals surface area (Å²) in [5, 5.41) is 6.30. The average molecular weight is 567 g/mol. The zero-order chi connectivity index (χ0) is 22.8. The van der Waals surface area contributed by atoms with Gasteiger partial charge in [0.25, 0.3) is 0 Å². The SMILES string of the molecule is CN=C(NCc1ccc(OC)c(OC(F)F)c1)NCc1cc(OC)c(OC)c(OC)c1.I. The molecule has 0 aliphatic heterocycles. The molecule has 0 radical (unpaired) electrons. The predicted molar refractivity (Wildman–Crippen MR) is 128 cm³/mol. The van der Waals surface area contributed by atoms with Crippen LogP contribution >= 0.6 is 24.0 Å². The smallest absolute Gasteiger partial charge is 0.387 e. The molecular formula is C21H28F2IN3O5. The lowest BCUT2D eigenvalue weighted by molar-refractivity contribution is -0.0512. The molecule has 2 aromatic rings. The molecule has 0 saturated heterocycles. The average Bonchev–Trinajstić information content (AvgIpc) is 2.78. The number of nitrogens with one attached hydrogen (secondary N) is 2. The van der Waals surface area contributed by atoms with E-state index in [-0.39, 0.29) is 35.5 Å². The van der Waals surface area contributed by atoms with Gasteiger partial charge in [-0.25, -0.2) is 0 Å². The number of benzene rings is 2. The highest BCUT2D eigenvalue weighted by molar-refractivity contribution is 14.0. The Morgan fingerprint density at radius 2 is 1.34 bits per heavy atom. The predicted octanol–water partition coefficient (Wildman–Crippen LogP) is 3.81. The van der Waals surface area contributed by atoms with Crippen molar-refractivity contribution in [3.63, 3.8) is 0 Å². The molecule has 2 N–H and O–H groups in total. The zero-order valence-corrected chi connectivity index (χ0v) is 20.9. The topological polar surface area (TPSA) is 82.6 Å². The summed E-state index contributed by atoms with van der Waals surface area (Å²) in [6.07, 6.45) is 0. The summed E-state index contributed by atoms with van der Waals surface area (Å²) in [6.45, 7) is -2.18. The largest absolute Gasteiger partial charge is 0.493 e. The van der Waals surface area contributed by atoms with E-state index in [1.807, 2.05) is 12.1 Å². The van der Waals surface area contributed by atoms with Gasteiger partial charge < -0.3 is 34.3 Å². The number of aliphatic imine (C=N–C) groups is 1. The number of halogens is 3. The molecular weight excluding hydrogens is 539 g/mol. The first-order chi connectivity index (χ1) is 14.9. The van der Waals surface area contributed by atoms with Gasteiger partial charge in [0.15, 0.2) is 29.0 Å². The fourth-order valence-electron chi connectivity index (χ4n) is 2.85. The molecule has 8 nitrogen and oxygen atoms in total. The van der Waals surface area contributed by atoms with Crippen molar-refractivity contribution in [3.8, 4) is 28.7 Å². The molecule has 32 heavy (non-hydrogen) atoms. The van der Waals surface area contributed by atoms with E-state index in [4.69, 9.17) is 18.9 Å². The van der Waals surface area contributed by atoms with Gasteiger partial charge in [0.05, 0.1) is 28.4 Å². The van der Waals surface area contributed by atoms with Crippen LogP contribution in [-0.2, 0) is 13.1 Å². The maximum Gasteiger partial charge on any atom is 0.387 e. The van der Waals surface area contributed by atoms with Gasteiger partial charge in [-0.3, -0.25) is 4.99 Å². The summed E-state index contributed by atoms with van der Waals surface area (Å²) in [6, 6.07) is 8.47. The van der Waals surface area contributed by atoms with Crippen molar-refractivity contribution in [2.24, 2.45) is 4.99 Å². The quantitative estimate of drug-likeness (QED) is 0.257. The Labute approximate surface area is 203 Å². The number of nitrogens with zero attached hydrogens (tertiary/aromatic N) is 1. The minimum absolute atomic E-state index is 0. The summed E-state index contributed by atoms with van der Waals surface area (Å²) >= 11 is 0. The summed E-state index contributed by atoms with van der Waals surface area (Å²) in [5.41, 5.74) is 1.60. The van der Waals surface area contributed by atoms with Crippen molar-refractivity contribution in [2.45, 2.75) is 19.7 Å². The number of hydrogen-bond acceptors (Lipinski definition) is 6. The summed E-state index contributed by atoms with van der Waals surface area (Å²) < 4.78 is 50.8. The second-order valence-electron chi connectivity index (χ2n) is 6.18. The standard InChI is InChI=1S/C21H27F2N3O5.HI/c1-24-21(25-11-13-6-7-15(27-2)16(8-13)31-20(22)23)26-12-14-9-17(28-3)19(30-5)18(10-14)29-4;/h6-10,20H,11-12H2,1-5H3,(H2,24,25,26);1H. The van der Waals surface area contributed by atoms with E-state index in [2.05, 4.69) is 20.4 Å². The number of rotatable bonds is 10. The van der Waals surface area contributed by atoms with Crippen LogP contribution < -0.4 is 34.3 Å². The van der Waals surface area contributed by atoms with Crippen molar-refractivity contribution in [3.05, 3.63) is 41.5 Å². The molecule has 2 aromatic carbocycles. The normalized spacial score (nSPS) is 10.8. The van der Waals surface area contributed by atoms with Crippen LogP contribution in [0.5, 0.6) is 28.7 Å². The fourth-order valence-corrected chi connectivity index (χ4v) is 2.85. The number of hydrogen-bond donors (Lipinski definition) is 2. The molecule has 0 aromatic heterocycles. The first kappa shape index (κ1) is 27.3. The van der Waals surface area contributed by atoms with Gasteiger partial charge in [-0.2, -0.15) is 8.78 Å². The van der Waals surface area contributed by atoms with Crippen molar-refractivity contribution in [1.82, 2.24) is 10.6 Å². The van der Waals surface area contributed by atoms with Crippen LogP contribution in [0.3, 0.4) is 0 Å². The molecule has 2 rings (SSSR count). The number of alkyl halides is 2. The van der Waals surface area contributed by atoms with Crippen LogP contribution in [0, 0.1) is 0 Å². The third kappa shape index (κ3) is 7.46. The Morgan fingerprint density at radius 1 is 0.812 bits per heavy atom. The molecule has 0 spiro atoms. The van der Waals surface area contributed by atoms with E-state index in [9.17, 15) is 8.78 Å². The highest BCUT2D eigenvalue weighted by Gasteiger charge is 2.14. The lowest BCUT2D eigenvalue weighted by atomic mass is 10.1.